The van der Waals surface area contributed by atoms with Crippen LogP contribution in [0.25, 0.3) is 0 Å². The van der Waals surface area contributed by atoms with Crippen molar-refractivity contribution < 1.29 is 24.6 Å². The lowest BCUT2D eigenvalue weighted by Gasteiger charge is -2.08. The molecule has 0 amide bonds. The zero-order valence-corrected chi connectivity index (χ0v) is 7.32. The molecule has 1 atom stereocenters. The first-order chi connectivity index (χ1) is 5.99. The average molecular weight is 188 g/mol. The van der Waals surface area contributed by atoms with Gasteiger partial charge in [-0.1, -0.05) is 13.3 Å². The number of carboxylic acids is 2. The lowest BCUT2D eigenvalue weighted by Crippen LogP contribution is -2.25. The van der Waals surface area contributed by atoms with Crippen LogP contribution in [0.1, 0.15) is 26.2 Å². The van der Waals surface area contributed by atoms with Crippen LogP contribution in [0.3, 0.4) is 0 Å². The molecule has 0 aromatic rings. The Morgan fingerprint density at radius 1 is 1.23 bits per heavy atom. The lowest BCUT2D eigenvalue weighted by atomic mass is 9.95. The van der Waals surface area contributed by atoms with Crippen LogP contribution in [0.5, 0.6) is 0 Å². The number of Topliss-reactive ketones (excluding diaryl/α,β-unsaturated/α-hetero) is 1. The molecular weight excluding hydrogens is 176 g/mol. The number of aliphatic carboxylic acids is 2. The number of rotatable bonds is 6. The van der Waals surface area contributed by atoms with Crippen molar-refractivity contribution in [2.75, 3.05) is 0 Å². The van der Waals surface area contributed by atoms with Crippen LogP contribution < -0.4 is 0 Å². The molecule has 0 saturated heterocycles. The maximum atomic E-state index is 10.9. The summed E-state index contributed by atoms with van der Waals surface area (Å²) in [4.78, 5) is 31.4. The summed E-state index contributed by atoms with van der Waals surface area (Å²) in [5.41, 5.74) is 0. The number of carbonyl (C=O) groups is 3. The maximum Gasteiger partial charge on any atom is 0.372 e. The SMILES string of the molecule is CCCC(CC(=O)O)C(=O)C(=O)O. The Bertz CT molecular complexity index is 221. The van der Waals surface area contributed by atoms with Crippen LogP contribution in [-0.4, -0.2) is 27.9 Å². The summed E-state index contributed by atoms with van der Waals surface area (Å²) in [5, 5.41) is 16.7. The quantitative estimate of drug-likeness (QED) is 0.593. The first-order valence-electron chi connectivity index (χ1n) is 3.98. The van der Waals surface area contributed by atoms with Crippen LogP contribution in [0.4, 0.5) is 0 Å². The van der Waals surface area contributed by atoms with Gasteiger partial charge in [0.1, 0.15) is 0 Å². The number of ketones is 1. The lowest BCUT2D eigenvalue weighted by molar-refractivity contribution is -0.152. The number of hydrogen-bond donors (Lipinski definition) is 2. The molecule has 0 aliphatic rings. The normalized spacial score (nSPS) is 12.1. The molecule has 0 aromatic carbocycles. The Hall–Kier alpha value is -1.39. The van der Waals surface area contributed by atoms with E-state index in [9.17, 15) is 14.4 Å². The minimum absolute atomic E-state index is 0.303. The van der Waals surface area contributed by atoms with Crippen molar-refractivity contribution in [2.24, 2.45) is 5.92 Å². The van der Waals surface area contributed by atoms with E-state index in [0.717, 1.165) is 0 Å². The molecule has 13 heavy (non-hydrogen) atoms. The Labute approximate surface area is 75.4 Å². The van der Waals surface area contributed by atoms with Gasteiger partial charge in [0.2, 0.25) is 5.78 Å². The molecule has 0 heterocycles. The van der Waals surface area contributed by atoms with E-state index in [1.54, 1.807) is 6.92 Å². The fraction of sp³-hybridized carbons (Fsp3) is 0.625. The fourth-order valence-corrected chi connectivity index (χ4v) is 1.06. The van der Waals surface area contributed by atoms with Crippen molar-refractivity contribution in [2.45, 2.75) is 26.2 Å². The van der Waals surface area contributed by atoms with Gasteiger partial charge in [-0.3, -0.25) is 9.59 Å². The summed E-state index contributed by atoms with van der Waals surface area (Å²) in [7, 11) is 0. The van der Waals surface area contributed by atoms with Gasteiger partial charge in [0.15, 0.2) is 0 Å². The summed E-state index contributed by atoms with van der Waals surface area (Å²) in [6.07, 6.45) is 0.493. The van der Waals surface area contributed by atoms with E-state index in [1.165, 1.54) is 0 Å². The molecule has 0 aromatic heterocycles. The molecule has 0 fully saturated rings. The summed E-state index contributed by atoms with van der Waals surface area (Å²) >= 11 is 0. The van der Waals surface area contributed by atoms with Gasteiger partial charge in [-0.25, -0.2) is 4.79 Å². The standard InChI is InChI=1S/C8H12O5/c1-2-3-5(4-6(9)10)7(11)8(12)13/h5H,2-4H2,1H3,(H,9,10)(H,12,13). The number of carbonyl (C=O) groups excluding carboxylic acids is 1. The van der Waals surface area contributed by atoms with E-state index < -0.39 is 30.1 Å². The van der Waals surface area contributed by atoms with Crippen molar-refractivity contribution in [3.63, 3.8) is 0 Å². The second-order valence-electron chi connectivity index (χ2n) is 2.75. The summed E-state index contributed by atoms with van der Waals surface area (Å²) < 4.78 is 0. The van der Waals surface area contributed by atoms with Crippen molar-refractivity contribution in [3.8, 4) is 0 Å². The molecular formula is C8H12O5. The van der Waals surface area contributed by atoms with Gasteiger partial charge < -0.3 is 10.2 Å². The summed E-state index contributed by atoms with van der Waals surface area (Å²) in [5.74, 6) is -4.60. The maximum absolute atomic E-state index is 10.9. The third-order valence-electron chi connectivity index (χ3n) is 1.64. The molecule has 5 heteroatoms. The van der Waals surface area contributed by atoms with Crippen LogP contribution in [0.15, 0.2) is 0 Å². The highest BCUT2D eigenvalue weighted by Crippen LogP contribution is 2.12. The molecule has 1 unspecified atom stereocenters. The highest BCUT2D eigenvalue weighted by Gasteiger charge is 2.25. The van der Waals surface area contributed by atoms with Crippen molar-refractivity contribution in [1.82, 2.24) is 0 Å². The Balaban J connectivity index is 4.31. The van der Waals surface area contributed by atoms with E-state index in [2.05, 4.69) is 0 Å². The van der Waals surface area contributed by atoms with Crippen LogP contribution in [0, 0.1) is 5.92 Å². The molecule has 2 N–H and O–H groups in total. The van der Waals surface area contributed by atoms with Crippen molar-refractivity contribution in [1.29, 1.82) is 0 Å². The third-order valence-corrected chi connectivity index (χ3v) is 1.64. The predicted molar refractivity (Wildman–Crippen MR) is 43.3 cm³/mol. The Kier molecular flexibility index (Phi) is 4.72. The zero-order valence-electron chi connectivity index (χ0n) is 7.32. The molecule has 0 radical (unpaired) electrons. The molecule has 0 aliphatic carbocycles. The van der Waals surface area contributed by atoms with E-state index in [1.807, 2.05) is 0 Å². The van der Waals surface area contributed by atoms with Gasteiger partial charge in [-0.15, -0.1) is 0 Å². The van der Waals surface area contributed by atoms with Gasteiger partial charge >= 0.3 is 11.9 Å². The zero-order chi connectivity index (χ0) is 10.4. The van der Waals surface area contributed by atoms with E-state index in [0.29, 0.717) is 12.8 Å². The number of carboxylic acid groups (broad SMARTS) is 2. The molecule has 0 saturated carbocycles. The molecule has 0 bridgehead atoms. The van der Waals surface area contributed by atoms with Crippen LogP contribution >= 0.6 is 0 Å². The van der Waals surface area contributed by atoms with Gasteiger partial charge in [0.05, 0.1) is 6.42 Å². The summed E-state index contributed by atoms with van der Waals surface area (Å²) in [6.45, 7) is 1.77. The largest absolute Gasteiger partial charge is 0.481 e. The van der Waals surface area contributed by atoms with Gasteiger partial charge in [-0.05, 0) is 6.42 Å². The topological polar surface area (TPSA) is 91.7 Å². The van der Waals surface area contributed by atoms with Crippen LogP contribution in [0.2, 0.25) is 0 Å². The average Bonchev–Trinajstić information content (AvgIpc) is 2.01. The smallest absolute Gasteiger partial charge is 0.372 e. The van der Waals surface area contributed by atoms with Crippen LogP contribution in [-0.2, 0) is 14.4 Å². The fourth-order valence-electron chi connectivity index (χ4n) is 1.06. The molecule has 0 rings (SSSR count). The Morgan fingerprint density at radius 2 is 1.77 bits per heavy atom. The van der Waals surface area contributed by atoms with Crippen molar-refractivity contribution >= 4 is 17.7 Å². The number of hydrogen-bond acceptors (Lipinski definition) is 3. The van der Waals surface area contributed by atoms with Gasteiger partial charge in [-0.2, -0.15) is 0 Å². The second-order valence-corrected chi connectivity index (χ2v) is 2.75. The second kappa shape index (κ2) is 5.29. The first kappa shape index (κ1) is 11.6. The predicted octanol–water partition coefficient (Wildman–Crippen LogP) is 0.531. The van der Waals surface area contributed by atoms with Gasteiger partial charge in [0, 0.05) is 5.92 Å². The van der Waals surface area contributed by atoms with E-state index >= 15 is 0 Å². The van der Waals surface area contributed by atoms with Crippen molar-refractivity contribution in [3.05, 3.63) is 0 Å². The molecule has 5 nitrogen and oxygen atoms in total. The highest BCUT2D eigenvalue weighted by atomic mass is 16.4. The highest BCUT2D eigenvalue weighted by molar-refractivity contribution is 6.33. The van der Waals surface area contributed by atoms with Gasteiger partial charge in [0.25, 0.3) is 0 Å². The molecule has 0 aliphatic heterocycles. The van der Waals surface area contributed by atoms with E-state index in [-0.39, 0.29) is 0 Å². The molecule has 74 valence electrons. The first-order valence-corrected chi connectivity index (χ1v) is 3.98. The third kappa shape index (κ3) is 4.25. The minimum atomic E-state index is -1.56. The minimum Gasteiger partial charge on any atom is -0.481 e. The Morgan fingerprint density at radius 3 is 2.08 bits per heavy atom. The monoisotopic (exact) mass is 188 g/mol. The van der Waals surface area contributed by atoms with E-state index in [4.69, 9.17) is 10.2 Å². The molecule has 0 spiro atoms. The summed E-state index contributed by atoms with van der Waals surface area (Å²) in [6, 6.07) is 0.